The second-order valence-corrected chi connectivity index (χ2v) is 2.29. The summed E-state index contributed by atoms with van der Waals surface area (Å²) in [7, 11) is 0. The van der Waals surface area contributed by atoms with Gasteiger partial charge in [-0.05, 0) is 0 Å². The Morgan fingerprint density at radius 1 is 0.625 bits per heavy atom. The molecule has 0 heterocycles. The van der Waals surface area contributed by atoms with Crippen LogP contribution in [0.25, 0.3) is 0 Å². The molecule has 0 aliphatic rings. The normalized spacial score (nSPS) is 15.4. The van der Waals surface area contributed by atoms with Crippen LogP contribution in [0.4, 0.5) is 43.9 Å². The third-order valence-electron chi connectivity index (χ3n) is 1.04. The van der Waals surface area contributed by atoms with Gasteiger partial charge in [-0.2, -0.15) is 43.9 Å². The molecule has 12 heteroatoms. The number of hydrogen-bond acceptors (Lipinski definition) is 2. The van der Waals surface area contributed by atoms with Gasteiger partial charge in [-0.15, -0.1) is 5.48 Å². The Hall–Kier alpha value is -0.780. The van der Waals surface area contributed by atoms with Gasteiger partial charge in [-0.3, -0.25) is 0 Å². The molecule has 16 heavy (non-hydrogen) atoms. The van der Waals surface area contributed by atoms with Gasteiger partial charge in [-0.25, -0.2) is 4.84 Å². The largest absolute Gasteiger partial charge is 0.480 e. The van der Waals surface area contributed by atoms with Crippen LogP contribution in [0.2, 0.25) is 0 Å². The molecule has 0 aliphatic heterocycles. The molecule has 0 aliphatic carbocycles. The van der Waals surface area contributed by atoms with Gasteiger partial charge < -0.3 is 0 Å². The summed E-state index contributed by atoms with van der Waals surface area (Å²) in [5.41, 5.74) is -0.639. The summed E-state index contributed by atoms with van der Waals surface area (Å²) in [5, 5.41) is 0. The Labute approximate surface area is 80.1 Å². The van der Waals surface area contributed by atoms with Crippen molar-refractivity contribution in [2.75, 3.05) is 0 Å². The van der Waals surface area contributed by atoms with E-state index >= 15 is 0 Å². The van der Waals surface area contributed by atoms with Gasteiger partial charge in [0.05, 0.1) is 0 Å². The summed E-state index contributed by atoms with van der Waals surface area (Å²) >= 11 is 0. The molecule has 0 bridgehead atoms. The first-order valence-corrected chi connectivity index (χ1v) is 3.05. The number of nitrogens with one attached hydrogen (secondary N) is 1. The molecule has 2 nitrogen and oxygen atoms in total. The van der Waals surface area contributed by atoms with Crippen LogP contribution < -0.4 is 5.48 Å². The molecule has 0 atom stereocenters. The third kappa shape index (κ3) is 3.37. The molecule has 0 amide bonds. The minimum atomic E-state index is -6.72. The summed E-state index contributed by atoms with van der Waals surface area (Å²) in [6.45, 7) is 0. The summed E-state index contributed by atoms with van der Waals surface area (Å²) in [6, 6.07) is 0. The van der Waals surface area contributed by atoms with E-state index in [1.54, 1.807) is 0 Å². The number of halogens is 10. The SMILES string of the molecule is FC(F)(F)NOC(F)(C(F)(F)F)C(F)(F)F. The first-order chi connectivity index (χ1) is 6.71. The lowest BCUT2D eigenvalue weighted by Crippen LogP contribution is -2.59. The van der Waals surface area contributed by atoms with Crippen LogP contribution in [0.1, 0.15) is 0 Å². The second-order valence-electron chi connectivity index (χ2n) is 2.29. The minimum Gasteiger partial charge on any atom is -0.237 e. The Morgan fingerprint density at radius 3 is 1.12 bits per heavy atom. The molecule has 0 saturated heterocycles. The number of hydrogen-bond donors (Lipinski definition) is 1. The fourth-order valence-corrected chi connectivity index (χ4v) is 0.405. The molecule has 0 aromatic heterocycles. The van der Waals surface area contributed by atoms with E-state index in [9.17, 15) is 43.9 Å². The van der Waals surface area contributed by atoms with Crippen molar-refractivity contribution in [1.82, 2.24) is 5.48 Å². The van der Waals surface area contributed by atoms with Crippen LogP contribution in [0, 0.1) is 0 Å². The molecule has 1 N–H and O–H groups in total. The third-order valence-corrected chi connectivity index (χ3v) is 1.04. The maximum absolute atomic E-state index is 12.3. The zero-order valence-electron chi connectivity index (χ0n) is 6.69. The summed E-state index contributed by atoms with van der Waals surface area (Å²) in [6.07, 6.45) is -19.2. The predicted octanol–water partition coefficient (Wildman–Crippen LogP) is 2.82. The number of hydroxylamine groups is 1. The minimum absolute atomic E-state index is 0.639. The van der Waals surface area contributed by atoms with Crippen molar-refractivity contribution in [3.05, 3.63) is 0 Å². The highest BCUT2D eigenvalue weighted by atomic mass is 19.4. The quantitative estimate of drug-likeness (QED) is 0.473. The zero-order valence-corrected chi connectivity index (χ0v) is 6.69. The highest BCUT2D eigenvalue weighted by Crippen LogP contribution is 2.46. The first-order valence-electron chi connectivity index (χ1n) is 3.05. The van der Waals surface area contributed by atoms with Crippen LogP contribution in [-0.4, -0.2) is 24.5 Å². The van der Waals surface area contributed by atoms with E-state index in [4.69, 9.17) is 0 Å². The standard InChI is InChI=1S/C4HF10NO/c5-1(2(6,7)8,3(9,10)11)16-15-4(12,13)14/h15H. The van der Waals surface area contributed by atoms with E-state index in [2.05, 4.69) is 0 Å². The Bertz CT molecular complexity index is 223. The van der Waals surface area contributed by atoms with Gasteiger partial charge in [0, 0.05) is 0 Å². The summed E-state index contributed by atoms with van der Waals surface area (Å²) in [4.78, 5) is 2.03. The molecular formula is C4HF10NO. The molecule has 0 rings (SSSR count). The molecule has 0 radical (unpaired) electrons. The highest BCUT2D eigenvalue weighted by molar-refractivity contribution is 4.85. The van der Waals surface area contributed by atoms with Crippen molar-refractivity contribution in [2.24, 2.45) is 0 Å². The highest BCUT2D eigenvalue weighted by Gasteiger charge is 2.75. The molecule has 0 unspecified atom stereocenters. The maximum atomic E-state index is 12.3. The zero-order chi connectivity index (χ0) is 13.4. The molecule has 0 aromatic rings. The van der Waals surface area contributed by atoms with Gasteiger partial charge in [-0.1, -0.05) is 0 Å². The molecule has 0 aromatic carbocycles. The predicted molar refractivity (Wildman–Crippen MR) is 26.2 cm³/mol. The smallest absolute Gasteiger partial charge is 0.237 e. The van der Waals surface area contributed by atoms with Gasteiger partial charge in [0.15, 0.2) is 0 Å². The monoisotopic (exact) mass is 269 g/mol. The summed E-state index contributed by atoms with van der Waals surface area (Å²) < 4.78 is 115. The van der Waals surface area contributed by atoms with E-state index in [1.165, 1.54) is 0 Å². The van der Waals surface area contributed by atoms with E-state index in [-0.39, 0.29) is 0 Å². The fraction of sp³-hybridized carbons (Fsp3) is 1.00. The van der Waals surface area contributed by atoms with Crippen LogP contribution in [-0.2, 0) is 4.84 Å². The van der Waals surface area contributed by atoms with E-state index in [1.807, 2.05) is 4.84 Å². The van der Waals surface area contributed by atoms with Crippen LogP contribution in [0.15, 0.2) is 0 Å². The van der Waals surface area contributed by atoms with Gasteiger partial charge >= 0.3 is 24.5 Å². The second kappa shape index (κ2) is 3.91. The Balaban J connectivity index is 5.00. The van der Waals surface area contributed by atoms with Crippen molar-refractivity contribution >= 4 is 0 Å². The summed E-state index contributed by atoms with van der Waals surface area (Å²) in [5.74, 6) is -6.45. The van der Waals surface area contributed by atoms with Crippen molar-refractivity contribution in [3.63, 3.8) is 0 Å². The van der Waals surface area contributed by atoms with Crippen molar-refractivity contribution in [1.29, 1.82) is 0 Å². The van der Waals surface area contributed by atoms with Gasteiger partial charge in [0.25, 0.3) is 0 Å². The van der Waals surface area contributed by atoms with Crippen LogP contribution in [0.3, 0.4) is 0 Å². The average Bonchev–Trinajstić information content (AvgIpc) is 1.93. The van der Waals surface area contributed by atoms with Crippen LogP contribution >= 0.6 is 0 Å². The number of alkyl halides is 10. The lowest BCUT2D eigenvalue weighted by atomic mass is 10.3. The van der Waals surface area contributed by atoms with Crippen molar-refractivity contribution in [2.45, 2.75) is 24.5 Å². The van der Waals surface area contributed by atoms with Crippen molar-refractivity contribution < 1.29 is 48.7 Å². The van der Waals surface area contributed by atoms with E-state index in [0.29, 0.717) is 0 Å². The van der Waals surface area contributed by atoms with Crippen molar-refractivity contribution in [3.8, 4) is 0 Å². The Morgan fingerprint density at radius 2 is 0.938 bits per heavy atom. The topological polar surface area (TPSA) is 21.3 Å². The van der Waals surface area contributed by atoms with E-state index in [0.717, 1.165) is 0 Å². The maximum Gasteiger partial charge on any atom is 0.480 e. The average molecular weight is 269 g/mol. The Kier molecular flexibility index (Phi) is 3.72. The molecule has 0 saturated carbocycles. The van der Waals surface area contributed by atoms with Crippen LogP contribution in [0.5, 0.6) is 0 Å². The molecular weight excluding hydrogens is 268 g/mol. The lowest BCUT2D eigenvalue weighted by Gasteiger charge is -2.29. The first kappa shape index (κ1) is 15.2. The van der Waals surface area contributed by atoms with Gasteiger partial charge in [0.2, 0.25) is 0 Å². The fourth-order valence-electron chi connectivity index (χ4n) is 0.405. The molecule has 0 spiro atoms. The molecule has 98 valence electrons. The molecule has 0 fully saturated rings. The van der Waals surface area contributed by atoms with E-state index < -0.39 is 30.0 Å². The lowest BCUT2D eigenvalue weighted by molar-refractivity contribution is -0.459. The number of rotatable bonds is 2. The van der Waals surface area contributed by atoms with Gasteiger partial charge in [0.1, 0.15) is 0 Å².